The van der Waals surface area contributed by atoms with E-state index in [-0.39, 0.29) is 5.41 Å². The Hall–Kier alpha value is -2.10. The standard InChI is InChI=1S/C14H18N4/c1-14(2,3)13-17-11(15)9-12(18-13)16-10-7-5-4-6-8-10/h4-9H,1-3H3,(H3,15,16,17,18). The Labute approximate surface area is 107 Å². The lowest BCUT2D eigenvalue weighted by Gasteiger charge is -2.18. The third kappa shape index (κ3) is 2.97. The summed E-state index contributed by atoms with van der Waals surface area (Å²) in [5.41, 5.74) is 6.68. The maximum atomic E-state index is 5.82. The van der Waals surface area contributed by atoms with Crippen molar-refractivity contribution in [2.24, 2.45) is 0 Å². The Kier molecular flexibility index (Phi) is 3.19. The molecule has 2 aromatic rings. The van der Waals surface area contributed by atoms with Crippen molar-refractivity contribution < 1.29 is 0 Å². The highest BCUT2D eigenvalue weighted by molar-refractivity contribution is 5.58. The molecule has 0 fully saturated rings. The number of benzene rings is 1. The molecule has 0 amide bonds. The Balaban J connectivity index is 2.32. The van der Waals surface area contributed by atoms with Gasteiger partial charge >= 0.3 is 0 Å². The lowest BCUT2D eigenvalue weighted by atomic mass is 9.96. The normalized spacial score (nSPS) is 11.3. The van der Waals surface area contributed by atoms with Crippen molar-refractivity contribution >= 4 is 17.3 Å². The molecule has 18 heavy (non-hydrogen) atoms. The van der Waals surface area contributed by atoms with Crippen LogP contribution in [0.3, 0.4) is 0 Å². The smallest absolute Gasteiger partial charge is 0.138 e. The van der Waals surface area contributed by atoms with Gasteiger partial charge in [0.15, 0.2) is 0 Å². The SMILES string of the molecule is CC(C)(C)c1nc(N)cc(Nc2ccccc2)n1. The van der Waals surface area contributed by atoms with Crippen LogP contribution >= 0.6 is 0 Å². The van der Waals surface area contributed by atoms with Crippen molar-refractivity contribution in [3.05, 3.63) is 42.2 Å². The van der Waals surface area contributed by atoms with Crippen LogP contribution in [0.5, 0.6) is 0 Å². The minimum Gasteiger partial charge on any atom is -0.384 e. The molecule has 0 saturated carbocycles. The van der Waals surface area contributed by atoms with E-state index in [4.69, 9.17) is 5.73 Å². The number of para-hydroxylation sites is 1. The minimum atomic E-state index is -0.123. The molecule has 0 aliphatic heterocycles. The zero-order chi connectivity index (χ0) is 13.2. The van der Waals surface area contributed by atoms with Gasteiger partial charge in [0.25, 0.3) is 0 Å². The first-order chi connectivity index (χ1) is 8.45. The summed E-state index contributed by atoms with van der Waals surface area (Å²) in [5.74, 6) is 1.94. The van der Waals surface area contributed by atoms with Gasteiger partial charge in [-0.3, -0.25) is 0 Å². The van der Waals surface area contributed by atoms with Crippen LogP contribution in [-0.4, -0.2) is 9.97 Å². The third-order valence-corrected chi connectivity index (χ3v) is 2.46. The van der Waals surface area contributed by atoms with Crippen molar-refractivity contribution in [3.63, 3.8) is 0 Å². The number of nitrogens with zero attached hydrogens (tertiary/aromatic N) is 2. The second-order valence-corrected chi connectivity index (χ2v) is 5.24. The summed E-state index contributed by atoms with van der Waals surface area (Å²) in [6.45, 7) is 6.19. The van der Waals surface area contributed by atoms with Crippen molar-refractivity contribution in [2.75, 3.05) is 11.1 Å². The maximum absolute atomic E-state index is 5.82. The van der Waals surface area contributed by atoms with Gasteiger partial charge in [-0.15, -0.1) is 0 Å². The largest absolute Gasteiger partial charge is 0.384 e. The molecule has 2 rings (SSSR count). The van der Waals surface area contributed by atoms with Crippen molar-refractivity contribution in [2.45, 2.75) is 26.2 Å². The quantitative estimate of drug-likeness (QED) is 0.849. The van der Waals surface area contributed by atoms with Gasteiger partial charge < -0.3 is 11.1 Å². The molecule has 4 heteroatoms. The highest BCUT2D eigenvalue weighted by Crippen LogP contribution is 2.22. The minimum absolute atomic E-state index is 0.123. The average Bonchev–Trinajstić information content (AvgIpc) is 2.28. The van der Waals surface area contributed by atoms with Gasteiger partial charge in [-0.25, -0.2) is 9.97 Å². The topological polar surface area (TPSA) is 63.8 Å². The molecular weight excluding hydrogens is 224 g/mol. The van der Waals surface area contributed by atoms with Crippen molar-refractivity contribution in [1.82, 2.24) is 9.97 Å². The predicted molar refractivity (Wildman–Crippen MR) is 74.9 cm³/mol. The summed E-state index contributed by atoms with van der Waals surface area (Å²) in [6, 6.07) is 11.6. The molecule has 0 atom stereocenters. The molecular formula is C14H18N4. The van der Waals surface area contributed by atoms with Crippen LogP contribution < -0.4 is 11.1 Å². The number of hydrogen-bond donors (Lipinski definition) is 2. The summed E-state index contributed by atoms with van der Waals surface area (Å²) in [5, 5.41) is 3.23. The number of aromatic nitrogens is 2. The van der Waals surface area contributed by atoms with E-state index in [2.05, 4.69) is 36.1 Å². The van der Waals surface area contributed by atoms with Gasteiger partial charge in [0.05, 0.1) is 0 Å². The Bertz CT molecular complexity index is 529. The summed E-state index contributed by atoms with van der Waals surface area (Å²) in [4.78, 5) is 8.77. The van der Waals surface area contributed by atoms with Crippen molar-refractivity contribution in [3.8, 4) is 0 Å². The van der Waals surface area contributed by atoms with E-state index in [1.807, 2.05) is 30.3 Å². The molecule has 0 aliphatic carbocycles. The first kappa shape index (κ1) is 12.4. The van der Waals surface area contributed by atoms with Gasteiger partial charge in [0, 0.05) is 17.2 Å². The molecule has 1 heterocycles. The number of hydrogen-bond acceptors (Lipinski definition) is 4. The fraction of sp³-hybridized carbons (Fsp3) is 0.286. The van der Waals surface area contributed by atoms with E-state index in [1.54, 1.807) is 6.07 Å². The lowest BCUT2D eigenvalue weighted by Crippen LogP contribution is -2.17. The first-order valence-corrected chi connectivity index (χ1v) is 5.92. The summed E-state index contributed by atoms with van der Waals surface area (Å²) >= 11 is 0. The molecule has 0 unspecified atom stereocenters. The van der Waals surface area contributed by atoms with Gasteiger partial charge in [0.2, 0.25) is 0 Å². The third-order valence-electron chi connectivity index (χ3n) is 2.46. The van der Waals surface area contributed by atoms with E-state index < -0.39 is 0 Å². The highest BCUT2D eigenvalue weighted by Gasteiger charge is 2.18. The lowest BCUT2D eigenvalue weighted by molar-refractivity contribution is 0.547. The molecule has 94 valence electrons. The Morgan fingerprint density at radius 1 is 1.06 bits per heavy atom. The van der Waals surface area contributed by atoms with Crippen LogP contribution in [0.15, 0.2) is 36.4 Å². The number of anilines is 3. The molecule has 4 nitrogen and oxygen atoms in total. The van der Waals surface area contributed by atoms with E-state index in [0.29, 0.717) is 5.82 Å². The number of nitrogens with one attached hydrogen (secondary N) is 1. The van der Waals surface area contributed by atoms with E-state index in [9.17, 15) is 0 Å². The van der Waals surface area contributed by atoms with E-state index >= 15 is 0 Å². The molecule has 0 radical (unpaired) electrons. The van der Waals surface area contributed by atoms with Gasteiger partial charge in [-0.1, -0.05) is 39.0 Å². The molecule has 0 spiro atoms. The maximum Gasteiger partial charge on any atom is 0.138 e. The molecule has 1 aromatic carbocycles. The number of rotatable bonds is 2. The summed E-state index contributed by atoms with van der Waals surface area (Å²) < 4.78 is 0. The van der Waals surface area contributed by atoms with Crippen molar-refractivity contribution in [1.29, 1.82) is 0 Å². The molecule has 0 bridgehead atoms. The zero-order valence-electron chi connectivity index (χ0n) is 10.9. The predicted octanol–water partition coefficient (Wildman–Crippen LogP) is 3.10. The monoisotopic (exact) mass is 242 g/mol. The number of nitrogens with two attached hydrogens (primary N) is 1. The molecule has 0 saturated heterocycles. The van der Waals surface area contributed by atoms with E-state index in [0.717, 1.165) is 17.3 Å². The molecule has 3 N–H and O–H groups in total. The summed E-state index contributed by atoms with van der Waals surface area (Å²) in [7, 11) is 0. The van der Waals surface area contributed by atoms with Crippen LogP contribution in [0.1, 0.15) is 26.6 Å². The summed E-state index contributed by atoms with van der Waals surface area (Å²) in [6.07, 6.45) is 0. The first-order valence-electron chi connectivity index (χ1n) is 5.92. The Morgan fingerprint density at radius 3 is 2.33 bits per heavy atom. The highest BCUT2D eigenvalue weighted by atomic mass is 15.1. The van der Waals surface area contributed by atoms with Crippen LogP contribution in [0.4, 0.5) is 17.3 Å². The fourth-order valence-corrected chi connectivity index (χ4v) is 1.53. The molecule has 1 aromatic heterocycles. The fourth-order valence-electron chi connectivity index (χ4n) is 1.53. The van der Waals surface area contributed by atoms with Crippen LogP contribution in [0.25, 0.3) is 0 Å². The number of nitrogen functional groups attached to an aromatic ring is 1. The van der Waals surface area contributed by atoms with Crippen LogP contribution in [-0.2, 0) is 5.41 Å². The second-order valence-electron chi connectivity index (χ2n) is 5.24. The second kappa shape index (κ2) is 4.64. The van der Waals surface area contributed by atoms with Gasteiger partial charge in [-0.2, -0.15) is 0 Å². The zero-order valence-corrected chi connectivity index (χ0v) is 10.9. The van der Waals surface area contributed by atoms with Crippen LogP contribution in [0.2, 0.25) is 0 Å². The van der Waals surface area contributed by atoms with E-state index in [1.165, 1.54) is 0 Å². The van der Waals surface area contributed by atoms with Gasteiger partial charge in [0.1, 0.15) is 17.5 Å². The molecule has 0 aliphatic rings. The average molecular weight is 242 g/mol. The Morgan fingerprint density at radius 2 is 1.72 bits per heavy atom. The van der Waals surface area contributed by atoms with Crippen LogP contribution in [0, 0.1) is 0 Å². The van der Waals surface area contributed by atoms with Gasteiger partial charge in [-0.05, 0) is 12.1 Å².